The van der Waals surface area contributed by atoms with E-state index in [0.717, 1.165) is 12.8 Å². The van der Waals surface area contributed by atoms with Crippen LogP contribution in [0.3, 0.4) is 0 Å². The number of nitrogens with zero attached hydrogens (tertiary/aromatic N) is 3. The normalized spacial score (nSPS) is 21.3. The maximum atomic E-state index is 13.2. The Hall–Kier alpha value is -2.37. The molecule has 0 aromatic heterocycles. The Morgan fingerprint density at radius 1 is 1.16 bits per heavy atom. The highest BCUT2D eigenvalue weighted by Gasteiger charge is 2.51. The molecule has 1 aromatic rings. The molecule has 6 heteroatoms. The van der Waals surface area contributed by atoms with Crippen LogP contribution in [0.5, 0.6) is 0 Å². The molecule has 0 bridgehead atoms. The average molecular weight is 343 g/mol. The molecule has 3 rings (SSSR count). The van der Waals surface area contributed by atoms with Crippen molar-refractivity contribution in [2.24, 2.45) is 0 Å². The lowest BCUT2D eigenvalue weighted by Crippen LogP contribution is -2.46. The molecular weight excluding hydrogens is 318 g/mol. The van der Waals surface area contributed by atoms with Gasteiger partial charge in [-0.1, -0.05) is 30.3 Å². The number of carbonyl (C=O) groups is 3. The van der Waals surface area contributed by atoms with Gasteiger partial charge in [-0.15, -0.1) is 0 Å². The number of amides is 4. The van der Waals surface area contributed by atoms with Crippen molar-refractivity contribution in [1.29, 1.82) is 0 Å². The summed E-state index contributed by atoms with van der Waals surface area (Å²) in [4.78, 5) is 43.6. The SMILES string of the molecule is CCN(CC)C(=O)[C@@H](c1ccccc1)N1C(=O)[C@H]2CCCCN2C1=O. The van der Waals surface area contributed by atoms with Gasteiger partial charge < -0.3 is 9.80 Å². The predicted molar refractivity (Wildman–Crippen MR) is 93.7 cm³/mol. The van der Waals surface area contributed by atoms with Gasteiger partial charge in [0.1, 0.15) is 12.1 Å². The topological polar surface area (TPSA) is 60.9 Å². The molecule has 0 spiro atoms. The van der Waals surface area contributed by atoms with Crippen LogP contribution in [0.15, 0.2) is 30.3 Å². The van der Waals surface area contributed by atoms with Crippen LogP contribution in [0.4, 0.5) is 4.79 Å². The van der Waals surface area contributed by atoms with Crippen LogP contribution in [0, 0.1) is 0 Å². The predicted octanol–water partition coefficient (Wildman–Crippen LogP) is 2.41. The molecule has 6 nitrogen and oxygen atoms in total. The first kappa shape index (κ1) is 17.5. The maximum Gasteiger partial charge on any atom is 0.328 e. The highest BCUT2D eigenvalue weighted by molar-refractivity contribution is 6.07. The molecule has 2 aliphatic rings. The van der Waals surface area contributed by atoms with Crippen molar-refractivity contribution in [3.63, 3.8) is 0 Å². The second-order valence-corrected chi connectivity index (χ2v) is 6.52. The van der Waals surface area contributed by atoms with Crippen LogP contribution < -0.4 is 0 Å². The van der Waals surface area contributed by atoms with Crippen molar-refractivity contribution in [1.82, 2.24) is 14.7 Å². The minimum atomic E-state index is -0.883. The summed E-state index contributed by atoms with van der Waals surface area (Å²) in [6.07, 6.45) is 2.53. The molecule has 0 aliphatic carbocycles. The van der Waals surface area contributed by atoms with Crippen molar-refractivity contribution in [3.8, 4) is 0 Å². The van der Waals surface area contributed by atoms with Crippen molar-refractivity contribution in [2.45, 2.75) is 45.2 Å². The van der Waals surface area contributed by atoms with E-state index in [1.807, 2.05) is 44.2 Å². The molecule has 0 N–H and O–H groups in total. The van der Waals surface area contributed by atoms with Crippen molar-refractivity contribution in [2.75, 3.05) is 19.6 Å². The first-order chi connectivity index (χ1) is 12.1. The number of imide groups is 1. The van der Waals surface area contributed by atoms with E-state index < -0.39 is 12.1 Å². The highest BCUT2D eigenvalue weighted by atomic mass is 16.2. The van der Waals surface area contributed by atoms with Crippen molar-refractivity contribution >= 4 is 17.8 Å². The largest absolute Gasteiger partial charge is 0.341 e. The van der Waals surface area contributed by atoms with E-state index in [4.69, 9.17) is 0 Å². The molecule has 2 fully saturated rings. The third kappa shape index (κ3) is 3.01. The second-order valence-electron chi connectivity index (χ2n) is 6.52. The van der Waals surface area contributed by atoms with Crippen LogP contribution in [0.2, 0.25) is 0 Å². The van der Waals surface area contributed by atoms with Crippen LogP contribution in [0.1, 0.15) is 44.7 Å². The Kier molecular flexibility index (Phi) is 5.06. The first-order valence-electron chi connectivity index (χ1n) is 9.07. The van der Waals surface area contributed by atoms with Crippen LogP contribution in [-0.4, -0.2) is 58.2 Å². The van der Waals surface area contributed by atoms with Gasteiger partial charge in [-0.05, 0) is 38.7 Å². The van der Waals surface area contributed by atoms with E-state index in [2.05, 4.69) is 0 Å². The zero-order valence-electron chi connectivity index (χ0n) is 14.9. The minimum absolute atomic E-state index is 0.197. The minimum Gasteiger partial charge on any atom is -0.341 e. The summed E-state index contributed by atoms with van der Waals surface area (Å²) in [5, 5.41) is 0. The van der Waals surface area contributed by atoms with E-state index in [9.17, 15) is 14.4 Å². The number of hydrogen-bond acceptors (Lipinski definition) is 3. The summed E-state index contributed by atoms with van der Waals surface area (Å²) in [6, 6.07) is 7.52. The lowest BCUT2D eigenvalue weighted by atomic mass is 10.0. The average Bonchev–Trinajstić information content (AvgIpc) is 2.90. The fourth-order valence-electron chi connectivity index (χ4n) is 3.79. The summed E-state index contributed by atoms with van der Waals surface area (Å²) in [6.45, 7) is 5.48. The van der Waals surface area contributed by atoms with Gasteiger partial charge >= 0.3 is 6.03 Å². The van der Waals surface area contributed by atoms with Gasteiger partial charge in [0.05, 0.1) is 0 Å². The Balaban J connectivity index is 2.01. The summed E-state index contributed by atoms with van der Waals surface area (Å²) in [5.74, 6) is -0.434. The first-order valence-corrected chi connectivity index (χ1v) is 9.07. The number of rotatable bonds is 5. The molecule has 25 heavy (non-hydrogen) atoms. The van der Waals surface area contributed by atoms with Gasteiger partial charge in [0.15, 0.2) is 0 Å². The monoisotopic (exact) mass is 343 g/mol. The molecule has 4 amide bonds. The molecule has 0 saturated carbocycles. The molecule has 2 saturated heterocycles. The van der Waals surface area contributed by atoms with E-state index in [1.165, 1.54) is 4.90 Å². The Morgan fingerprint density at radius 2 is 1.84 bits per heavy atom. The number of carbonyl (C=O) groups excluding carboxylic acids is 3. The number of benzene rings is 1. The number of piperidine rings is 1. The van der Waals surface area contributed by atoms with Gasteiger partial charge in [0, 0.05) is 19.6 Å². The van der Waals surface area contributed by atoms with Gasteiger partial charge in [-0.2, -0.15) is 0 Å². The number of fused-ring (bicyclic) bond motifs is 1. The Bertz CT molecular complexity index is 633. The molecule has 0 unspecified atom stereocenters. The molecule has 0 radical (unpaired) electrons. The fraction of sp³-hybridized carbons (Fsp3) is 0.526. The quantitative estimate of drug-likeness (QED) is 0.772. The van der Waals surface area contributed by atoms with Gasteiger partial charge in [-0.25, -0.2) is 9.69 Å². The number of hydrogen-bond donors (Lipinski definition) is 0. The molecule has 2 heterocycles. The van der Waals surface area contributed by atoms with E-state index in [0.29, 0.717) is 31.6 Å². The lowest BCUT2D eigenvalue weighted by molar-refractivity contribution is -0.142. The highest BCUT2D eigenvalue weighted by Crippen LogP contribution is 2.34. The number of likely N-dealkylation sites (N-methyl/N-ethyl adjacent to an activating group) is 1. The van der Waals surface area contributed by atoms with Gasteiger partial charge in [-0.3, -0.25) is 9.59 Å². The zero-order chi connectivity index (χ0) is 18.0. The third-order valence-electron chi connectivity index (χ3n) is 5.16. The van der Waals surface area contributed by atoms with Crippen LogP contribution in [-0.2, 0) is 9.59 Å². The van der Waals surface area contributed by atoms with E-state index in [-0.39, 0.29) is 17.8 Å². The maximum absolute atomic E-state index is 13.2. The summed E-state index contributed by atoms with van der Waals surface area (Å²) in [5.41, 5.74) is 0.681. The second kappa shape index (κ2) is 7.25. The van der Waals surface area contributed by atoms with E-state index in [1.54, 1.807) is 9.80 Å². The summed E-state index contributed by atoms with van der Waals surface area (Å²) in [7, 11) is 0. The van der Waals surface area contributed by atoms with Gasteiger partial charge in [0.2, 0.25) is 0 Å². The fourth-order valence-corrected chi connectivity index (χ4v) is 3.79. The zero-order valence-corrected chi connectivity index (χ0v) is 14.9. The Morgan fingerprint density at radius 3 is 2.44 bits per heavy atom. The summed E-state index contributed by atoms with van der Waals surface area (Å²) < 4.78 is 0. The Labute approximate surface area is 148 Å². The standard InChI is InChI=1S/C19H25N3O3/c1-3-20(4-2)18(24)16(14-10-6-5-7-11-14)22-17(23)15-12-8-9-13-21(15)19(22)25/h5-7,10-11,15-16H,3-4,8-9,12-13H2,1-2H3/t15-,16-/m1/s1. The molecule has 134 valence electrons. The molecule has 2 aliphatic heterocycles. The van der Waals surface area contributed by atoms with Crippen LogP contribution >= 0.6 is 0 Å². The van der Waals surface area contributed by atoms with Crippen molar-refractivity contribution < 1.29 is 14.4 Å². The third-order valence-corrected chi connectivity index (χ3v) is 5.16. The molecule has 2 atom stereocenters. The lowest BCUT2D eigenvalue weighted by Gasteiger charge is -2.30. The van der Waals surface area contributed by atoms with Crippen LogP contribution in [0.25, 0.3) is 0 Å². The van der Waals surface area contributed by atoms with Gasteiger partial charge in [0.25, 0.3) is 11.8 Å². The molecular formula is C19H25N3O3. The number of urea groups is 1. The van der Waals surface area contributed by atoms with Crippen molar-refractivity contribution in [3.05, 3.63) is 35.9 Å². The summed E-state index contributed by atoms with van der Waals surface area (Å²) >= 11 is 0. The smallest absolute Gasteiger partial charge is 0.328 e. The van der Waals surface area contributed by atoms with E-state index >= 15 is 0 Å². The molecule has 1 aromatic carbocycles.